The fraction of sp³-hybridized carbons (Fsp3) is 0.200. The maximum Gasteiger partial charge on any atom is 0.303 e. The van der Waals surface area contributed by atoms with E-state index in [9.17, 15) is 4.79 Å². The lowest BCUT2D eigenvalue weighted by atomic mass is 10.2. The van der Waals surface area contributed by atoms with E-state index in [1.54, 1.807) is 24.5 Å². The fourth-order valence-electron chi connectivity index (χ4n) is 1.27. The van der Waals surface area contributed by atoms with E-state index in [1.165, 1.54) is 0 Å². The number of fused-ring (bicyclic) bond motifs is 1. The van der Waals surface area contributed by atoms with Gasteiger partial charge in [-0.1, -0.05) is 0 Å². The number of aryl methyl sites for hydroxylation is 1. The molecule has 0 aliphatic carbocycles. The SMILES string of the molecule is O=C(O)CCc1ccc2nccnc2n1. The summed E-state index contributed by atoms with van der Waals surface area (Å²) >= 11 is 0. The zero-order valence-electron chi connectivity index (χ0n) is 7.92. The van der Waals surface area contributed by atoms with Crippen LogP contribution in [0.25, 0.3) is 11.2 Å². The van der Waals surface area contributed by atoms with Gasteiger partial charge in [-0.15, -0.1) is 0 Å². The zero-order chi connectivity index (χ0) is 10.7. The average Bonchev–Trinajstić information content (AvgIpc) is 2.26. The van der Waals surface area contributed by atoms with Crippen molar-refractivity contribution >= 4 is 17.1 Å². The molecule has 0 aliphatic rings. The third-order valence-electron chi connectivity index (χ3n) is 1.98. The van der Waals surface area contributed by atoms with E-state index in [4.69, 9.17) is 5.11 Å². The highest BCUT2D eigenvalue weighted by molar-refractivity contribution is 5.69. The second-order valence-corrected chi connectivity index (χ2v) is 3.10. The molecule has 0 spiro atoms. The normalized spacial score (nSPS) is 10.4. The number of rotatable bonds is 3. The first kappa shape index (κ1) is 9.51. The van der Waals surface area contributed by atoms with Crippen LogP contribution in [0, 0.1) is 0 Å². The number of carboxylic acids is 1. The van der Waals surface area contributed by atoms with Gasteiger partial charge in [0.15, 0.2) is 5.65 Å². The van der Waals surface area contributed by atoms with Crippen LogP contribution in [-0.2, 0) is 11.2 Å². The fourth-order valence-corrected chi connectivity index (χ4v) is 1.27. The molecule has 0 saturated heterocycles. The van der Waals surface area contributed by atoms with E-state index < -0.39 is 5.97 Å². The van der Waals surface area contributed by atoms with Gasteiger partial charge in [-0.05, 0) is 12.1 Å². The van der Waals surface area contributed by atoms with E-state index >= 15 is 0 Å². The highest BCUT2D eigenvalue weighted by atomic mass is 16.4. The minimum atomic E-state index is -0.823. The third kappa shape index (κ3) is 2.25. The zero-order valence-corrected chi connectivity index (χ0v) is 7.92. The molecule has 2 aromatic heterocycles. The predicted molar refractivity (Wildman–Crippen MR) is 53.3 cm³/mol. The summed E-state index contributed by atoms with van der Waals surface area (Å²) in [4.78, 5) is 22.7. The van der Waals surface area contributed by atoms with Crippen LogP contribution in [0.4, 0.5) is 0 Å². The summed E-state index contributed by atoms with van der Waals surface area (Å²) in [5.41, 5.74) is 2.00. The summed E-state index contributed by atoms with van der Waals surface area (Å²) in [6, 6.07) is 3.58. The highest BCUT2D eigenvalue weighted by Crippen LogP contribution is 2.07. The van der Waals surface area contributed by atoms with E-state index in [0.717, 1.165) is 11.2 Å². The molecule has 76 valence electrons. The molecule has 0 aliphatic heterocycles. The van der Waals surface area contributed by atoms with E-state index in [2.05, 4.69) is 15.0 Å². The largest absolute Gasteiger partial charge is 0.481 e. The number of hydrogen-bond donors (Lipinski definition) is 1. The number of carbonyl (C=O) groups is 1. The second-order valence-electron chi connectivity index (χ2n) is 3.10. The molecule has 0 amide bonds. The molecule has 5 heteroatoms. The molecule has 0 fully saturated rings. The lowest BCUT2D eigenvalue weighted by Crippen LogP contribution is -2.00. The molecule has 5 nitrogen and oxygen atoms in total. The Balaban J connectivity index is 2.26. The van der Waals surface area contributed by atoms with Crippen molar-refractivity contribution < 1.29 is 9.90 Å². The number of hydrogen-bond acceptors (Lipinski definition) is 4. The van der Waals surface area contributed by atoms with Crippen molar-refractivity contribution in [3.05, 3.63) is 30.2 Å². The molecule has 2 rings (SSSR count). The van der Waals surface area contributed by atoms with Gasteiger partial charge in [0.1, 0.15) is 5.52 Å². The van der Waals surface area contributed by atoms with E-state index in [1.807, 2.05) is 0 Å². The Bertz CT molecular complexity index is 499. The molecule has 0 aromatic carbocycles. The lowest BCUT2D eigenvalue weighted by Gasteiger charge is -1.99. The van der Waals surface area contributed by atoms with Gasteiger partial charge in [0, 0.05) is 24.5 Å². The maximum absolute atomic E-state index is 10.4. The Morgan fingerprint density at radius 2 is 2.07 bits per heavy atom. The molecular formula is C10H9N3O2. The van der Waals surface area contributed by atoms with Gasteiger partial charge in [0.05, 0.1) is 6.42 Å². The molecule has 0 atom stereocenters. The Labute approximate surface area is 85.8 Å². The molecule has 0 saturated carbocycles. The predicted octanol–water partition coefficient (Wildman–Crippen LogP) is 1.04. The maximum atomic E-state index is 10.4. The third-order valence-corrected chi connectivity index (χ3v) is 1.98. The van der Waals surface area contributed by atoms with Crippen LogP contribution in [-0.4, -0.2) is 26.0 Å². The van der Waals surface area contributed by atoms with Crippen molar-refractivity contribution in [3.63, 3.8) is 0 Å². The van der Waals surface area contributed by atoms with Crippen molar-refractivity contribution in [1.82, 2.24) is 15.0 Å². The van der Waals surface area contributed by atoms with Crippen LogP contribution in [0.5, 0.6) is 0 Å². The minimum Gasteiger partial charge on any atom is -0.481 e. The van der Waals surface area contributed by atoms with E-state index in [-0.39, 0.29) is 6.42 Å². The quantitative estimate of drug-likeness (QED) is 0.806. The molecular weight excluding hydrogens is 194 g/mol. The molecule has 1 N–H and O–H groups in total. The number of pyridine rings is 1. The van der Waals surface area contributed by atoms with Gasteiger partial charge in [0.2, 0.25) is 0 Å². The number of carboxylic acid groups (broad SMARTS) is 1. The van der Waals surface area contributed by atoms with Crippen LogP contribution in [0.3, 0.4) is 0 Å². The molecule has 0 radical (unpaired) electrons. The second kappa shape index (κ2) is 4.00. The van der Waals surface area contributed by atoms with Crippen LogP contribution < -0.4 is 0 Å². The number of aromatic nitrogens is 3. The van der Waals surface area contributed by atoms with Crippen molar-refractivity contribution in [3.8, 4) is 0 Å². The standard InChI is InChI=1S/C10H9N3O2/c14-9(15)4-2-7-1-3-8-10(13-7)12-6-5-11-8/h1,3,5-6H,2,4H2,(H,14,15). The number of aliphatic carboxylic acids is 1. The van der Waals surface area contributed by atoms with Crippen LogP contribution in [0.1, 0.15) is 12.1 Å². The van der Waals surface area contributed by atoms with Crippen molar-refractivity contribution in [2.24, 2.45) is 0 Å². The van der Waals surface area contributed by atoms with Gasteiger partial charge >= 0.3 is 5.97 Å². The van der Waals surface area contributed by atoms with Crippen molar-refractivity contribution in [2.45, 2.75) is 12.8 Å². The Hall–Kier alpha value is -2.04. The van der Waals surface area contributed by atoms with Gasteiger partial charge in [-0.2, -0.15) is 0 Å². The van der Waals surface area contributed by atoms with Gasteiger partial charge in [-0.3, -0.25) is 9.78 Å². The van der Waals surface area contributed by atoms with Crippen LogP contribution in [0.15, 0.2) is 24.5 Å². The Morgan fingerprint density at radius 3 is 2.87 bits per heavy atom. The van der Waals surface area contributed by atoms with Gasteiger partial charge in [0.25, 0.3) is 0 Å². The summed E-state index contributed by atoms with van der Waals surface area (Å²) in [6.45, 7) is 0. The monoisotopic (exact) mass is 203 g/mol. The van der Waals surface area contributed by atoms with E-state index in [0.29, 0.717) is 12.1 Å². The Morgan fingerprint density at radius 1 is 1.27 bits per heavy atom. The lowest BCUT2D eigenvalue weighted by molar-refractivity contribution is -0.136. The summed E-state index contributed by atoms with van der Waals surface area (Å²) < 4.78 is 0. The van der Waals surface area contributed by atoms with Gasteiger partial charge in [-0.25, -0.2) is 9.97 Å². The molecule has 15 heavy (non-hydrogen) atoms. The topological polar surface area (TPSA) is 76.0 Å². The highest BCUT2D eigenvalue weighted by Gasteiger charge is 2.02. The smallest absolute Gasteiger partial charge is 0.303 e. The first-order valence-corrected chi connectivity index (χ1v) is 4.54. The van der Waals surface area contributed by atoms with Crippen LogP contribution >= 0.6 is 0 Å². The first-order chi connectivity index (χ1) is 7.25. The molecule has 0 bridgehead atoms. The molecule has 2 aromatic rings. The Kier molecular flexibility index (Phi) is 2.53. The van der Waals surface area contributed by atoms with Gasteiger partial charge < -0.3 is 5.11 Å². The molecule has 0 unspecified atom stereocenters. The molecule has 2 heterocycles. The first-order valence-electron chi connectivity index (χ1n) is 4.54. The average molecular weight is 203 g/mol. The summed E-state index contributed by atoms with van der Waals surface area (Å²) in [6.07, 6.45) is 3.66. The summed E-state index contributed by atoms with van der Waals surface area (Å²) in [5, 5.41) is 8.53. The van der Waals surface area contributed by atoms with Crippen molar-refractivity contribution in [2.75, 3.05) is 0 Å². The number of nitrogens with zero attached hydrogens (tertiary/aromatic N) is 3. The summed E-state index contributed by atoms with van der Waals surface area (Å²) in [7, 11) is 0. The van der Waals surface area contributed by atoms with Crippen molar-refractivity contribution in [1.29, 1.82) is 0 Å². The minimum absolute atomic E-state index is 0.0821. The summed E-state index contributed by atoms with van der Waals surface area (Å²) in [5.74, 6) is -0.823. The van der Waals surface area contributed by atoms with Crippen LogP contribution in [0.2, 0.25) is 0 Å².